The van der Waals surface area contributed by atoms with Gasteiger partial charge in [-0.25, -0.2) is 0 Å². The minimum atomic E-state index is -0.192. The third-order valence-electron chi connectivity index (χ3n) is 4.70. The molecule has 2 heterocycles. The molecule has 0 saturated carbocycles. The first-order chi connectivity index (χ1) is 15.2. The van der Waals surface area contributed by atoms with Crippen molar-refractivity contribution in [3.8, 4) is 22.8 Å². The number of hydrogen-bond donors (Lipinski definition) is 1. The fourth-order valence-corrected chi connectivity index (χ4v) is 3.11. The number of ether oxygens (including phenoxy) is 1. The number of benzene rings is 3. The third kappa shape index (κ3) is 4.11. The number of nitrogens with zero attached hydrogens (tertiary/aromatic N) is 4. The van der Waals surface area contributed by atoms with Crippen LogP contribution in [-0.4, -0.2) is 25.7 Å². The molecule has 0 aliphatic carbocycles. The zero-order valence-electron chi connectivity index (χ0n) is 16.3. The molecule has 31 heavy (non-hydrogen) atoms. The highest BCUT2D eigenvalue weighted by Crippen LogP contribution is 2.23. The Balaban J connectivity index is 1.25. The molecule has 2 aromatic heterocycles. The van der Waals surface area contributed by atoms with Crippen molar-refractivity contribution in [1.29, 1.82) is 0 Å². The SMILES string of the molecule is O=C(Nc1ccc(-c2ccc3nncn3n2)cc1)c1ccc(Oc2ccccc2)cc1. The molecule has 5 aromatic rings. The van der Waals surface area contributed by atoms with Gasteiger partial charge in [0.05, 0.1) is 5.69 Å². The molecule has 5 rings (SSSR count). The Morgan fingerprint density at radius 3 is 2.32 bits per heavy atom. The summed E-state index contributed by atoms with van der Waals surface area (Å²) in [5.74, 6) is 1.23. The van der Waals surface area contributed by atoms with Crippen LogP contribution in [0.2, 0.25) is 0 Å². The molecule has 0 radical (unpaired) electrons. The molecule has 0 unspecified atom stereocenters. The van der Waals surface area contributed by atoms with Crippen LogP contribution in [0.25, 0.3) is 16.9 Å². The van der Waals surface area contributed by atoms with Gasteiger partial charge in [-0.2, -0.15) is 9.61 Å². The summed E-state index contributed by atoms with van der Waals surface area (Å²) in [6, 6.07) is 27.8. The summed E-state index contributed by atoms with van der Waals surface area (Å²) in [6.07, 6.45) is 1.56. The Hall–Kier alpha value is -4.52. The molecule has 1 amide bonds. The molecule has 0 aliphatic heterocycles. The highest BCUT2D eigenvalue weighted by Gasteiger charge is 2.08. The topological polar surface area (TPSA) is 81.4 Å². The second kappa shape index (κ2) is 8.08. The molecule has 0 aliphatic rings. The number of nitrogens with one attached hydrogen (secondary N) is 1. The van der Waals surface area contributed by atoms with Crippen LogP contribution in [0, 0.1) is 0 Å². The van der Waals surface area contributed by atoms with E-state index in [4.69, 9.17) is 4.74 Å². The minimum absolute atomic E-state index is 0.192. The molecule has 7 nitrogen and oxygen atoms in total. The molecular formula is C24H17N5O2. The highest BCUT2D eigenvalue weighted by atomic mass is 16.5. The lowest BCUT2D eigenvalue weighted by Gasteiger charge is -2.08. The van der Waals surface area contributed by atoms with Gasteiger partial charge in [-0.05, 0) is 60.7 Å². The summed E-state index contributed by atoms with van der Waals surface area (Å²) in [7, 11) is 0. The van der Waals surface area contributed by atoms with E-state index in [9.17, 15) is 4.79 Å². The van der Waals surface area contributed by atoms with Gasteiger partial charge in [-0.15, -0.1) is 10.2 Å². The van der Waals surface area contributed by atoms with Gasteiger partial charge in [0, 0.05) is 16.8 Å². The van der Waals surface area contributed by atoms with Crippen LogP contribution in [0.4, 0.5) is 5.69 Å². The van der Waals surface area contributed by atoms with E-state index in [1.54, 1.807) is 35.1 Å². The summed E-state index contributed by atoms with van der Waals surface area (Å²) in [4.78, 5) is 12.6. The van der Waals surface area contributed by atoms with Crippen LogP contribution >= 0.6 is 0 Å². The van der Waals surface area contributed by atoms with Crippen LogP contribution in [0.5, 0.6) is 11.5 Å². The van der Waals surface area contributed by atoms with Crippen molar-refractivity contribution in [2.24, 2.45) is 0 Å². The second-order valence-corrected chi connectivity index (χ2v) is 6.82. The maximum absolute atomic E-state index is 12.6. The van der Waals surface area contributed by atoms with Crippen LogP contribution in [0.3, 0.4) is 0 Å². The average Bonchev–Trinajstić information content (AvgIpc) is 3.29. The maximum Gasteiger partial charge on any atom is 0.255 e. The van der Waals surface area contributed by atoms with E-state index in [1.807, 2.05) is 66.7 Å². The first-order valence-electron chi connectivity index (χ1n) is 9.66. The molecule has 0 fully saturated rings. The van der Waals surface area contributed by atoms with E-state index in [-0.39, 0.29) is 5.91 Å². The molecule has 3 aromatic carbocycles. The Kier molecular flexibility index (Phi) is 4.82. The van der Waals surface area contributed by atoms with Crippen LogP contribution in [0.15, 0.2) is 97.3 Å². The molecule has 0 spiro atoms. The normalized spacial score (nSPS) is 10.7. The number of fused-ring (bicyclic) bond motifs is 1. The van der Waals surface area contributed by atoms with E-state index < -0.39 is 0 Å². The molecule has 1 N–H and O–H groups in total. The molecular weight excluding hydrogens is 390 g/mol. The number of amides is 1. The first kappa shape index (κ1) is 18.5. The van der Waals surface area contributed by atoms with Gasteiger partial charge in [0.15, 0.2) is 5.65 Å². The monoisotopic (exact) mass is 407 g/mol. The summed E-state index contributed by atoms with van der Waals surface area (Å²) < 4.78 is 7.38. The van der Waals surface area contributed by atoms with Crippen molar-refractivity contribution in [3.05, 3.63) is 103 Å². The van der Waals surface area contributed by atoms with Crippen molar-refractivity contribution in [1.82, 2.24) is 19.8 Å². The number of carbonyl (C=O) groups is 1. The summed E-state index contributed by atoms with van der Waals surface area (Å²) >= 11 is 0. The predicted octanol–water partition coefficient (Wildman–Crippen LogP) is 4.84. The van der Waals surface area contributed by atoms with E-state index in [0.29, 0.717) is 22.6 Å². The number of aromatic nitrogens is 4. The number of carbonyl (C=O) groups excluding carboxylic acids is 1. The lowest BCUT2D eigenvalue weighted by atomic mass is 10.1. The van der Waals surface area contributed by atoms with Gasteiger partial charge in [0.1, 0.15) is 17.8 Å². The minimum Gasteiger partial charge on any atom is -0.457 e. The van der Waals surface area contributed by atoms with E-state index in [0.717, 1.165) is 17.0 Å². The standard InChI is InChI=1S/C24H17N5O2/c30-24(18-8-12-21(13-9-18)31-20-4-2-1-3-5-20)26-19-10-6-17(7-11-19)22-14-15-23-27-25-16-29(23)28-22/h1-16H,(H,26,30). The largest absolute Gasteiger partial charge is 0.457 e. The lowest BCUT2D eigenvalue weighted by Crippen LogP contribution is -2.11. The number of anilines is 1. The third-order valence-corrected chi connectivity index (χ3v) is 4.70. The van der Waals surface area contributed by atoms with Gasteiger partial charge in [0.2, 0.25) is 0 Å². The fraction of sp³-hybridized carbons (Fsp3) is 0. The van der Waals surface area contributed by atoms with E-state index in [1.165, 1.54) is 0 Å². The van der Waals surface area contributed by atoms with Gasteiger partial charge in [0.25, 0.3) is 5.91 Å². The van der Waals surface area contributed by atoms with Gasteiger partial charge >= 0.3 is 0 Å². The number of rotatable bonds is 5. The van der Waals surface area contributed by atoms with Crippen LogP contribution < -0.4 is 10.1 Å². The first-order valence-corrected chi connectivity index (χ1v) is 9.66. The van der Waals surface area contributed by atoms with Gasteiger partial charge < -0.3 is 10.1 Å². The zero-order valence-corrected chi connectivity index (χ0v) is 16.3. The molecule has 0 saturated heterocycles. The molecule has 0 atom stereocenters. The number of hydrogen-bond acceptors (Lipinski definition) is 5. The van der Waals surface area contributed by atoms with E-state index in [2.05, 4.69) is 20.6 Å². The van der Waals surface area contributed by atoms with Crippen LogP contribution in [0.1, 0.15) is 10.4 Å². The Morgan fingerprint density at radius 1 is 0.806 bits per heavy atom. The summed E-state index contributed by atoms with van der Waals surface area (Å²) in [5.41, 5.74) is 3.65. The summed E-state index contributed by atoms with van der Waals surface area (Å²) in [6.45, 7) is 0. The molecule has 0 bridgehead atoms. The highest BCUT2D eigenvalue weighted by molar-refractivity contribution is 6.04. The fourth-order valence-electron chi connectivity index (χ4n) is 3.11. The second-order valence-electron chi connectivity index (χ2n) is 6.82. The van der Waals surface area contributed by atoms with Crippen molar-refractivity contribution in [2.75, 3.05) is 5.32 Å². The Bertz CT molecular complexity index is 1330. The quantitative estimate of drug-likeness (QED) is 0.451. The van der Waals surface area contributed by atoms with Crippen molar-refractivity contribution in [2.45, 2.75) is 0 Å². The van der Waals surface area contributed by atoms with Gasteiger partial charge in [-0.3, -0.25) is 4.79 Å². The number of para-hydroxylation sites is 1. The average molecular weight is 407 g/mol. The maximum atomic E-state index is 12.6. The zero-order chi connectivity index (χ0) is 21.0. The van der Waals surface area contributed by atoms with E-state index >= 15 is 0 Å². The van der Waals surface area contributed by atoms with Crippen molar-refractivity contribution >= 4 is 17.2 Å². The lowest BCUT2D eigenvalue weighted by molar-refractivity contribution is 0.102. The Labute approximate surface area is 178 Å². The molecule has 7 heteroatoms. The Morgan fingerprint density at radius 2 is 1.55 bits per heavy atom. The van der Waals surface area contributed by atoms with Crippen molar-refractivity contribution < 1.29 is 9.53 Å². The van der Waals surface area contributed by atoms with Crippen LogP contribution in [-0.2, 0) is 0 Å². The van der Waals surface area contributed by atoms with Gasteiger partial charge in [-0.1, -0.05) is 30.3 Å². The summed E-state index contributed by atoms with van der Waals surface area (Å²) in [5, 5.41) is 15.2. The smallest absolute Gasteiger partial charge is 0.255 e. The predicted molar refractivity (Wildman–Crippen MR) is 117 cm³/mol. The molecule has 150 valence electrons. The van der Waals surface area contributed by atoms with Crippen molar-refractivity contribution in [3.63, 3.8) is 0 Å².